The van der Waals surface area contributed by atoms with Gasteiger partial charge >= 0.3 is 6.09 Å². The zero-order valence-corrected chi connectivity index (χ0v) is 11.1. The van der Waals surface area contributed by atoms with Gasteiger partial charge in [0.05, 0.1) is 7.11 Å². The third-order valence-electron chi connectivity index (χ3n) is 3.27. The highest BCUT2D eigenvalue weighted by molar-refractivity contribution is 5.88. The molecule has 19 heavy (non-hydrogen) atoms. The first-order chi connectivity index (χ1) is 9.13. The van der Waals surface area contributed by atoms with Crippen molar-refractivity contribution in [2.24, 2.45) is 0 Å². The molecule has 0 fully saturated rings. The second kappa shape index (κ2) is 5.61. The van der Waals surface area contributed by atoms with Crippen LogP contribution in [0.2, 0.25) is 0 Å². The normalized spacial score (nSPS) is 10.4. The fourth-order valence-electron chi connectivity index (χ4n) is 2.33. The Morgan fingerprint density at radius 3 is 2.79 bits per heavy atom. The Morgan fingerprint density at radius 2 is 2.11 bits per heavy atom. The van der Waals surface area contributed by atoms with E-state index in [-0.39, 0.29) is 0 Å². The van der Waals surface area contributed by atoms with Gasteiger partial charge < -0.3 is 15.2 Å². The molecule has 0 radical (unpaired) electrons. The summed E-state index contributed by atoms with van der Waals surface area (Å²) in [5, 5.41) is 13.3. The number of nitrogens with one attached hydrogen (secondary N) is 1. The lowest BCUT2D eigenvalue weighted by atomic mass is 9.97. The van der Waals surface area contributed by atoms with Crippen LogP contribution in [0, 0.1) is 6.92 Å². The van der Waals surface area contributed by atoms with Gasteiger partial charge in [-0.15, -0.1) is 0 Å². The molecular formula is C15H17NO3. The number of rotatable bonds is 4. The Bertz CT molecular complexity index is 608. The van der Waals surface area contributed by atoms with Crippen molar-refractivity contribution in [3.63, 3.8) is 0 Å². The molecule has 0 saturated carbocycles. The maximum atomic E-state index is 10.5. The Morgan fingerprint density at radius 1 is 1.37 bits per heavy atom. The van der Waals surface area contributed by atoms with Gasteiger partial charge in [0.15, 0.2) is 0 Å². The molecule has 0 aliphatic heterocycles. The molecule has 2 N–H and O–H groups in total. The molecule has 0 aliphatic rings. The summed E-state index contributed by atoms with van der Waals surface area (Å²) in [5.74, 6) is 0.809. The lowest BCUT2D eigenvalue weighted by molar-refractivity contribution is 0.194. The van der Waals surface area contributed by atoms with Crippen LogP contribution in [0.15, 0.2) is 30.3 Å². The number of methoxy groups -OCH3 is 1. The molecule has 2 aromatic carbocycles. The molecule has 0 saturated heterocycles. The van der Waals surface area contributed by atoms with Crippen LogP contribution in [0.25, 0.3) is 10.8 Å². The Kier molecular flexibility index (Phi) is 3.90. The zero-order chi connectivity index (χ0) is 13.8. The number of aryl methyl sites for hydroxylation is 1. The largest absolute Gasteiger partial charge is 0.496 e. The molecule has 4 nitrogen and oxygen atoms in total. The van der Waals surface area contributed by atoms with Gasteiger partial charge in [-0.05, 0) is 41.3 Å². The first kappa shape index (κ1) is 13.2. The predicted octanol–water partition coefficient (Wildman–Crippen LogP) is 2.97. The van der Waals surface area contributed by atoms with Crippen molar-refractivity contribution >= 4 is 16.9 Å². The summed E-state index contributed by atoms with van der Waals surface area (Å²) < 4.78 is 5.42. The van der Waals surface area contributed by atoms with Crippen LogP contribution in [0.4, 0.5) is 4.79 Å². The maximum absolute atomic E-state index is 10.5. The van der Waals surface area contributed by atoms with Crippen molar-refractivity contribution in [1.29, 1.82) is 0 Å². The average molecular weight is 259 g/mol. The van der Waals surface area contributed by atoms with E-state index in [1.54, 1.807) is 7.11 Å². The standard InChI is InChI=1S/C15H17NO3/c1-10-12-6-4-3-5-11(12)9-14(19-2)13(10)7-8-16-15(17)18/h3-6,9,16H,7-8H2,1-2H3,(H,17,18). The number of amides is 1. The van der Waals surface area contributed by atoms with Gasteiger partial charge in [0.1, 0.15) is 5.75 Å². The molecule has 2 rings (SSSR count). The van der Waals surface area contributed by atoms with Gasteiger partial charge in [-0.25, -0.2) is 4.79 Å². The fraction of sp³-hybridized carbons (Fsp3) is 0.267. The Hall–Kier alpha value is -2.23. The highest BCUT2D eigenvalue weighted by Gasteiger charge is 2.10. The van der Waals surface area contributed by atoms with Gasteiger partial charge in [-0.3, -0.25) is 0 Å². The molecule has 1 amide bonds. The number of carbonyl (C=O) groups is 1. The first-order valence-electron chi connectivity index (χ1n) is 6.15. The lowest BCUT2D eigenvalue weighted by Crippen LogP contribution is -2.23. The second-order valence-corrected chi connectivity index (χ2v) is 4.39. The number of ether oxygens (including phenoxy) is 1. The van der Waals surface area contributed by atoms with Crippen LogP contribution in [-0.4, -0.2) is 24.9 Å². The maximum Gasteiger partial charge on any atom is 0.404 e. The van der Waals surface area contributed by atoms with Crippen LogP contribution < -0.4 is 10.1 Å². The minimum Gasteiger partial charge on any atom is -0.496 e. The molecule has 0 heterocycles. The van der Waals surface area contributed by atoms with Gasteiger partial charge in [0.2, 0.25) is 0 Å². The van der Waals surface area contributed by atoms with E-state index in [1.165, 1.54) is 5.39 Å². The fourth-order valence-corrected chi connectivity index (χ4v) is 2.33. The zero-order valence-electron chi connectivity index (χ0n) is 11.1. The summed E-state index contributed by atoms with van der Waals surface area (Å²) in [5.41, 5.74) is 2.19. The molecule has 2 aromatic rings. The van der Waals surface area contributed by atoms with Crippen molar-refractivity contribution in [3.05, 3.63) is 41.5 Å². The molecule has 100 valence electrons. The molecular weight excluding hydrogens is 242 g/mol. The van der Waals surface area contributed by atoms with E-state index < -0.39 is 6.09 Å². The molecule has 0 aromatic heterocycles. The number of fused-ring (bicyclic) bond motifs is 1. The molecule has 0 spiro atoms. The van der Waals surface area contributed by atoms with Gasteiger partial charge in [0, 0.05) is 6.54 Å². The predicted molar refractivity (Wildman–Crippen MR) is 75.0 cm³/mol. The van der Waals surface area contributed by atoms with Crippen molar-refractivity contribution in [2.75, 3.05) is 13.7 Å². The van der Waals surface area contributed by atoms with Gasteiger partial charge in [0.25, 0.3) is 0 Å². The summed E-state index contributed by atoms with van der Waals surface area (Å²) >= 11 is 0. The lowest BCUT2D eigenvalue weighted by Gasteiger charge is -2.14. The molecule has 0 atom stereocenters. The first-order valence-corrected chi connectivity index (χ1v) is 6.15. The number of carboxylic acid groups (broad SMARTS) is 1. The highest BCUT2D eigenvalue weighted by Crippen LogP contribution is 2.30. The summed E-state index contributed by atoms with van der Waals surface area (Å²) in [6.07, 6.45) is -0.385. The quantitative estimate of drug-likeness (QED) is 0.887. The van der Waals surface area contributed by atoms with Crippen LogP contribution in [-0.2, 0) is 6.42 Å². The SMILES string of the molecule is COc1cc2ccccc2c(C)c1CCNC(=O)O. The van der Waals surface area contributed by atoms with Crippen LogP contribution in [0.5, 0.6) is 5.75 Å². The topological polar surface area (TPSA) is 58.6 Å². The highest BCUT2D eigenvalue weighted by atomic mass is 16.5. The Balaban J connectivity index is 2.40. The van der Waals surface area contributed by atoms with Crippen LogP contribution in [0.1, 0.15) is 11.1 Å². The van der Waals surface area contributed by atoms with Crippen molar-refractivity contribution in [3.8, 4) is 5.75 Å². The van der Waals surface area contributed by atoms with Crippen molar-refractivity contribution in [2.45, 2.75) is 13.3 Å². The summed E-state index contributed by atoms with van der Waals surface area (Å²) in [7, 11) is 1.64. The van der Waals surface area contributed by atoms with E-state index >= 15 is 0 Å². The van der Waals surface area contributed by atoms with Crippen molar-refractivity contribution < 1.29 is 14.6 Å². The van der Waals surface area contributed by atoms with Crippen LogP contribution >= 0.6 is 0 Å². The van der Waals surface area contributed by atoms with E-state index in [0.717, 1.165) is 22.3 Å². The van der Waals surface area contributed by atoms with E-state index in [1.807, 2.05) is 31.2 Å². The summed E-state index contributed by atoms with van der Waals surface area (Å²) in [4.78, 5) is 10.5. The number of hydrogen-bond acceptors (Lipinski definition) is 2. The summed E-state index contributed by atoms with van der Waals surface area (Å²) in [6, 6.07) is 10.1. The minimum absolute atomic E-state index is 0.380. The molecule has 0 unspecified atom stereocenters. The molecule has 4 heteroatoms. The third-order valence-corrected chi connectivity index (χ3v) is 3.27. The molecule has 0 aliphatic carbocycles. The number of benzene rings is 2. The summed E-state index contributed by atoms with van der Waals surface area (Å²) in [6.45, 7) is 2.42. The number of hydrogen-bond donors (Lipinski definition) is 2. The third kappa shape index (κ3) is 2.78. The smallest absolute Gasteiger partial charge is 0.404 e. The monoisotopic (exact) mass is 259 g/mol. The molecule has 0 bridgehead atoms. The second-order valence-electron chi connectivity index (χ2n) is 4.39. The van der Waals surface area contributed by atoms with Crippen LogP contribution in [0.3, 0.4) is 0 Å². The van der Waals surface area contributed by atoms with E-state index in [2.05, 4.69) is 11.4 Å². The van der Waals surface area contributed by atoms with Crippen molar-refractivity contribution in [1.82, 2.24) is 5.32 Å². The van der Waals surface area contributed by atoms with Gasteiger partial charge in [-0.1, -0.05) is 24.3 Å². The average Bonchev–Trinajstić information content (AvgIpc) is 2.40. The van der Waals surface area contributed by atoms with E-state index in [4.69, 9.17) is 9.84 Å². The Labute approximate surface area is 112 Å². The minimum atomic E-state index is -1.00. The van der Waals surface area contributed by atoms with E-state index in [0.29, 0.717) is 13.0 Å². The van der Waals surface area contributed by atoms with E-state index in [9.17, 15) is 4.79 Å². The van der Waals surface area contributed by atoms with Gasteiger partial charge in [-0.2, -0.15) is 0 Å².